The van der Waals surface area contributed by atoms with Gasteiger partial charge in [0.1, 0.15) is 6.33 Å². The van der Waals surface area contributed by atoms with E-state index in [4.69, 9.17) is 9.47 Å². The van der Waals surface area contributed by atoms with Crippen LogP contribution in [0.2, 0.25) is 0 Å². The number of nitrogens with one attached hydrogen (secondary N) is 1. The number of ether oxygens (including phenoxy) is 3. The van der Waals surface area contributed by atoms with E-state index in [-0.39, 0.29) is 5.97 Å². The Balaban J connectivity index is 1.92. The fraction of sp³-hybridized carbons (Fsp3) is 0.261. The highest BCUT2D eigenvalue weighted by molar-refractivity contribution is 5.77. The molecule has 3 aromatic rings. The van der Waals surface area contributed by atoms with Crippen LogP contribution in [0.3, 0.4) is 0 Å². The van der Waals surface area contributed by atoms with Gasteiger partial charge in [0, 0.05) is 36.6 Å². The van der Waals surface area contributed by atoms with E-state index in [0.29, 0.717) is 30.9 Å². The summed E-state index contributed by atoms with van der Waals surface area (Å²) in [4.78, 5) is 19.5. The van der Waals surface area contributed by atoms with Crippen LogP contribution in [0.1, 0.15) is 17.5 Å². The van der Waals surface area contributed by atoms with E-state index in [2.05, 4.69) is 26.1 Å². The molecule has 3 rings (SSSR count). The minimum absolute atomic E-state index is 0.248. The summed E-state index contributed by atoms with van der Waals surface area (Å²) in [6.07, 6.45) is 6.09. The molecule has 0 spiro atoms. The number of methoxy groups -OCH3 is 3. The summed E-state index contributed by atoms with van der Waals surface area (Å²) in [7, 11) is 4.64. The van der Waals surface area contributed by atoms with Gasteiger partial charge in [0.25, 0.3) is 0 Å². The van der Waals surface area contributed by atoms with Crippen molar-refractivity contribution >= 4 is 11.7 Å². The van der Waals surface area contributed by atoms with Crippen LogP contribution >= 0.6 is 0 Å². The van der Waals surface area contributed by atoms with Crippen LogP contribution in [-0.4, -0.2) is 43.8 Å². The Morgan fingerprint density at radius 2 is 1.80 bits per heavy atom. The van der Waals surface area contributed by atoms with Crippen LogP contribution in [0.15, 0.2) is 55.1 Å². The van der Waals surface area contributed by atoms with Crippen molar-refractivity contribution in [2.45, 2.75) is 12.8 Å². The monoisotopic (exact) mass is 407 g/mol. The second-order valence-corrected chi connectivity index (χ2v) is 6.64. The Kier molecular flexibility index (Phi) is 7.21. The fourth-order valence-corrected chi connectivity index (χ4v) is 3.20. The molecule has 0 amide bonds. The zero-order chi connectivity index (χ0) is 21.3. The van der Waals surface area contributed by atoms with Gasteiger partial charge in [0.2, 0.25) is 0 Å². The van der Waals surface area contributed by atoms with Crippen LogP contribution < -0.4 is 14.8 Å². The second-order valence-electron chi connectivity index (χ2n) is 6.64. The van der Waals surface area contributed by atoms with E-state index >= 15 is 0 Å². The number of esters is 1. The molecule has 7 heteroatoms. The number of rotatable bonds is 9. The molecule has 1 heterocycles. The molecule has 0 bridgehead atoms. The predicted octanol–water partition coefficient (Wildman–Crippen LogP) is 3.73. The summed E-state index contributed by atoms with van der Waals surface area (Å²) in [6, 6.07) is 12.0. The molecule has 0 atom stereocenters. The average Bonchev–Trinajstić information content (AvgIpc) is 2.79. The van der Waals surface area contributed by atoms with Gasteiger partial charge < -0.3 is 19.5 Å². The minimum Gasteiger partial charge on any atom is -0.493 e. The lowest BCUT2D eigenvalue weighted by Crippen LogP contribution is -2.09. The van der Waals surface area contributed by atoms with Crippen LogP contribution in [-0.2, 0) is 16.0 Å². The number of hydrogen-bond donors (Lipinski definition) is 1. The molecule has 1 aromatic heterocycles. The van der Waals surface area contributed by atoms with Gasteiger partial charge in [0.05, 0.1) is 27.8 Å². The summed E-state index contributed by atoms with van der Waals surface area (Å²) >= 11 is 0. The molecule has 0 saturated heterocycles. The van der Waals surface area contributed by atoms with Gasteiger partial charge in [-0.2, -0.15) is 0 Å². The van der Waals surface area contributed by atoms with Crippen LogP contribution in [0.5, 0.6) is 11.5 Å². The topological polar surface area (TPSA) is 82.6 Å². The lowest BCUT2D eigenvalue weighted by Gasteiger charge is -2.16. The summed E-state index contributed by atoms with van der Waals surface area (Å²) in [5, 5.41) is 3.25. The predicted molar refractivity (Wildman–Crippen MR) is 115 cm³/mol. The molecule has 0 aliphatic rings. The first-order chi connectivity index (χ1) is 14.6. The summed E-state index contributed by atoms with van der Waals surface area (Å²) in [5.74, 6) is 1.07. The molecule has 1 N–H and O–H groups in total. The van der Waals surface area contributed by atoms with Gasteiger partial charge in [-0.15, -0.1) is 0 Å². The first-order valence-electron chi connectivity index (χ1n) is 9.54. The standard InChI is InChI=1S/C23H25N3O4/c1-28-21-11-16(9-17-13-24-15-25-14-17)10-20(23(21)30-3)18-5-4-6-19(12-18)26-8-7-22(27)29-2/h4-6,10-15,26H,7-9H2,1-3H3. The lowest BCUT2D eigenvalue weighted by atomic mass is 9.98. The third kappa shape index (κ3) is 5.26. The number of carbonyl (C=O) groups excluding carboxylic acids is 1. The number of hydrogen-bond acceptors (Lipinski definition) is 7. The normalized spacial score (nSPS) is 10.4. The van der Waals surface area contributed by atoms with Crippen molar-refractivity contribution in [3.05, 3.63) is 66.2 Å². The number of carbonyl (C=O) groups is 1. The van der Waals surface area contributed by atoms with Crippen molar-refractivity contribution in [1.82, 2.24) is 9.97 Å². The molecule has 7 nitrogen and oxygen atoms in total. The first kappa shape index (κ1) is 21.1. The number of aromatic nitrogens is 2. The van der Waals surface area contributed by atoms with Crippen molar-refractivity contribution in [3.8, 4) is 22.6 Å². The van der Waals surface area contributed by atoms with Crippen molar-refractivity contribution in [1.29, 1.82) is 0 Å². The van der Waals surface area contributed by atoms with Crippen molar-refractivity contribution in [3.63, 3.8) is 0 Å². The molecule has 0 fully saturated rings. The first-order valence-corrected chi connectivity index (χ1v) is 9.54. The lowest BCUT2D eigenvalue weighted by molar-refractivity contribution is -0.140. The molecular formula is C23H25N3O4. The maximum Gasteiger partial charge on any atom is 0.307 e. The van der Waals surface area contributed by atoms with E-state index in [1.807, 2.05) is 30.3 Å². The second kappa shape index (κ2) is 10.2. The molecule has 0 aliphatic heterocycles. The molecule has 0 aliphatic carbocycles. The van der Waals surface area contributed by atoms with Crippen molar-refractivity contribution in [2.75, 3.05) is 33.2 Å². The van der Waals surface area contributed by atoms with Gasteiger partial charge in [-0.05, 0) is 41.0 Å². The number of nitrogens with zero attached hydrogens (tertiary/aromatic N) is 2. The maximum absolute atomic E-state index is 11.3. The zero-order valence-electron chi connectivity index (χ0n) is 17.3. The van der Waals surface area contributed by atoms with Crippen LogP contribution in [0.4, 0.5) is 5.69 Å². The van der Waals surface area contributed by atoms with E-state index in [1.54, 1.807) is 26.6 Å². The van der Waals surface area contributed by atoms with Gasteiger partial charge in [-0.3, -0.25) is 4.79 Å². The van der Waals surface area contributed by atoms with Gasteiger partial charge in [0.15, 0.2) is 11.5 Å². The van der Waals surface area contributed by atoms with Crippen molar-refractivity contribution < 1.29 is 19.0 Å². The van der Waals surface area contributed by atoms with E-state index in [9.17, 15) is 4.79 Å². The average molecular weight is 407 g/mol. The number of anilines is 1. The molecular weight excluding hydrogens is 382 g/mol. The zero-order valence-corrected chi connectivity index (χ0v) is 17.3. The maximum atomic E-state index is 11.3. The van der Waals surface area contributed by atoms with Gasteiger partial charge >= 0.3 is 5.97 Å². The molecule has 0 saturated carbocycles. The Bertz CT molecular complexity index is 993. The third-order valence-corrected chi connectivity index (χ3v) is 4.62. The van der Waals surface area contributed by atoms with E-state index in [0.717, 1.165) is 27.9 Å². The summed E-state index contributed by atoms with van der Waals surface area (Å²) < 4.78 is 15.9. The fourth-order valence-electron chi connectivity index (χ4n) is 3.20. The Hall–Kier alpha value is -3.61. The quantitative estimate of drug-likeness (QED) is 0.541. The van der Waals surface area contributed by atoms with E-state index < -0.39 is 0 Å². The van der Waals surface area contributed by atoms with Crippen LogP contribution in [0, 0.1) is 0 Å². The Morgan fingerprint density at radius 3 is 2.50 bits per heavy atom. The van der Waals surface area contributed by atoms with Crippen molar-refractivity contribution in [2.24, 2.45) is 0 Å². The smallest absolute Gasteiger partial charge is 0.307 e. The SMILES string of the molecule is COC(=O)CCNc1cccc(-c2cc(Cc3cncnc3)cc(OC)c2OC)c1. The highest BCUT2D eigenvalue weighted by Crippen LogP contribution is 2.40. The molecule has 0 unspecified atom stereocenters. The summed E-state index contributed by atoms with van der Waals surface area (Å²) in [6.45, 7) is 0.491. The largest absolute Gasteiger partial charge is 0.493 e. The summed E-state index contributed by atoms with van der Waals surface area (Å²) in [5.41, 5.74) is 4.86. The molecule has 156 valence electrons. The molecule has 0 radical (unpaired) electrons. The van der Waals surface area contributed by atoms with Crippen LogP contribution in [0.25, 0.3) is 11.1 Å². The Morgan fingerprint density at radius 1 is 1.00 bits per heavy atom. The highest BCUT2D eigenvalue weighted by Gasteiger charge is 2.15. The van der Waals surface area contributed by atoms with Gasteiger partial charge in [-0.1, -0.05) is 12.1 Å². The van der Waals surface area contributed by atoms with E-state index in [1.165, 1.54) is 13.4 Å². The third-order valence-electron chi connectivity index (χ3n) is 4.62. The van der Waals surface area contributed by atoms with Gasteiger partial charge in [-0.25, -0.2) is 9.97 Å². The number of benzene rings is 2. The highest BCUT2D eigenvalue weighted by atomic mass is 16.5. The minimum atomic E-state index is -0.248. The molecule has 2 aromatic carbocycles. The Labute approximate surface area is 176 Å². The molecule has 30 heavy (non-hydrogen) atoms.